The fourth-order valence-corrected chi connectivity index (χ4v) is 7.39. The van der Waals surface area contributed by atoms with Crippen molar-refractivity contribution in [2.45, 2.75) is 89.6 Å². The minimum atomic E-state index is -4.04. The van der Waals surface area contributed by atoms with Crippen LogP contribution in [0.1, 0.15) is 83.8 Å². The highest BCUT2D eigenvalue weighted by molar-refractivity contribution is 7.89. The number of carbonyl (C=O) groups is 1. The molecule has 9 heteroatoms. The Hall–Kier alpha value is -2.52. The number of benzene rings is 1. The molecule has 0 saturated carbocycles. The molecule has 2 heterocycles. The van der Waals surface area contributed by atoms with Gasteiger partial charge in [0, 0.05) is 43.6 Å². The van der Waals surface area contributed by atoms with E-state index in [-0.39, 0.29) is 48.7 Å². The maximum Gasteiger partial charge on any atom is 0.410 e. The van der Waals surface area contributed by atoms with Crippen LogP contribution in [-0.2, 0) is 21.2 Å². The van der Waals surface area contributed by atoms with Crippen LogP contribution in [0.5, 0.6) is 11.5 Å². The molecule has 1 amide bonds. The third-order valence-corrected chi connectivity index (χ3v) is 9.62. The average Bonchev–Trinajstić information content (AvgIpc) is 2.82. The molecule has 1 saturated heterocycles. The Balaban J connectivity index is 1.70. The number of hydrogen-bond donors (Lipinski definition) is 1. The standard InChI is InChI=1S/C29H42N2O6S/c1-7-8-9-10-21-18-24-25(23-17-19(2)11-12-22(23)20(3)36-24)26(32)27(21)38(34,35)31-15-13-30(14-16-31)28(33)37-29(4,5)6/h17-18,22-23,32H,3,7-16H2,1-2,4-6H3. The van der Waals surface area contributed by atoms with Crippen LogP contribution in [0.3, 0.4) is 0 Å². The highest BCUT2D eigenvalue weighted by Gasteiger charge is 2.42. The molecular weight excluding hydrogens is 504 g/mol. The van der Waals surface area contributed by atoms with Crippen molar-refractivity contribution in [2.24, 2.45) is 5.92 Å². The van der Waals surface area contributed by atoms with E-state index in [0.29, 0.717) is 29.1 Å². The number of unbranched alkanes of at least 4 members (excludes halogenated alkanes) is 2. The first-order valence-electron chi connectivity index (χ1n) is 13.7. The van der Waals surface area contributed by atoms with Gasteiger partial charge >= 0.3 is 6.09 Å². The van der Waals surface area contributed by atoms with Crippen LogP contribution < -0.4 is 4.74 Å². The van der Waals surface area contributed by atoms with Gasteiger partial charge in [-0.25, -0.2) is 13.2 Å². The number of hydrogen-bond acceptors (Lipinski definition) is 6. The van der Waals surface area contributed by atoms with Gasteiger partial charge in [0.25, 0.3) is 0 Å². The van der Waals surface area contributed by atoms with Gasteiger partial charge < -0.3 is 19.5 Å². The molecular formula is C29H42N2O6S. The number of fused-ring (bicyclic) bond motifs is 3. The Labute approximate surface area is 227 Å². The molecule has 210 valence electrons. The molecule has 1 fully saturated rings. The maximum atomic E-state index is 14.1. The molecule has 8 nitrogen and oxygen atoms in total. The smallest absolute Gasteiger partial charge is 0.410 e. The van der Waals surface area contributed by atoms with Crippen molar-refractivity contribution in [3.63, 3.8) is 0 Å². The summed E-state index contributed by atoms with van der Waals surface area (Å²) in [5, 5.41) is 11.7. The van der Waals surface area contributed by atoms with Gasteiger partial charge in [-0.05, 0) is 65.0 Å². The molecule has 2 atom stereocenters. The predicted molar refractivity (Wildman–Crippen MR) is 147 cm³/mol. The van der Waals surface area contributed by atoms with Crippen LogP contribution in [0.2, 0.25) is 0 Å². The zero-order chi connectivity index (χ0) is 27.8. The number of nitrogens with zero attached hydrogens (tertiary/aromatic N) is 2. The Bertz CT molecular complexity index is 1220. The van der Waals surface area contributed by atoms with E-state index in [4.69, 9.17) is 9.47 Å². The summed E-state index contributed by atoms with van der Waals surface area (Å²) in [5.74, 6) is 0.773. The average molecular weight is 547 g/mol. The second kappa shape index (κ2) is 10.9. The quantitative estimate of drug-likeness (QED) is 0.363. The molecule has 4 rings (SSSR count). The van der Waals surface area contributed by atoms with E-state index < -0.39 is 21.7 Å². The lowest BCUT2D eigenvalue weighted by atomic mass is 9.74. The number of aryl methyl sites for hydroxylation is 1. The number of ether oxygens (including phenoxy) is 2. The Morgan fingerprint density at radius 2 is 1.89 bits per heavy atom. The lowest BCUT2D eigenvalue weighted by Crippen LogP contribution is -2.51. The lowest BCUT2D eigenvalue weighted by Gasteiger charge is -2.38. The third kappa shape index (κ3) is 5.73. The van der Waals surface area contributed by atoms with E-state index in [9.17, 15) is 18.3 Å². The summed E-state index contributed by atoms with van der Waals surface area (Å²) in [6, 6.07) is 1.80. The third-order valence-electron chi connectivity index (χ3n) is 7.61. The topological polar surface area (TPSA) is 96.4 Å². The van der Waals surface area contributed by atoms with Crippen molar-refractivity contribution >= 4 is 16.1 Å². The van der Waals surface area contributed by atoms with Crippen LogP contribution in [0, 0.1) is 5.92 Å². The largest absolute Gasteiger partial charge is 0.506 e. The SMILES string of the molecule is C=C1Oc2cc(CCCCC)c(S(=O)(=O)N3CCN(C(=O)OC(C)(C)C)CC3)c(O)c2C2C=C(C)CCC12. The van der Waals surface area contributed by atoms with Crippen molar-refractivity contribution in [2.75, 3.05) is 26.2 Å². The van der Waals surface area contributed by atoms with Gasteiger partial charge in [-0.1, -0.05) is 38.0 Å². The van der Waals surface area contributed by atoms with E-state index >= 15 is 0 Å². The number of rotatable bonds is 6. The summed E-state index contributed by atoms with van der Waals surface area (Å²) in [4.78, 5) is 14.0. The Morgan fingerprint density at radius 1 is 1.21 bits per heavy atom. The van der Waals surface area contributed by atoms with Crippen molar-refractivity contribution in [3.05, 3.63) is 41.2 Å². The highest BCUT2D eigenvalue weighted by atomic mass is 32.2. The highest BCUT2D eigenvalue weighted by Crippen LogP contribution is 2.53. The molecule has 0 radical (unpaired) electrons. The molecule has 0 bridgehead atoms. The number of aromatic hydroxyl groups is 1. The molecule has 38 heavy (non-hydrogen) atoms. The second-order valence-corrected chi connectivity index (χ2v) is 13.6. The molecule has 1 N–H and O–H groups in total. The molecule has 0 aromatic heterocycles. The van der Waals surface area contributed by atoms with Gasteiger partial charge in [0.05, 0.1) is 0 Å². The van der Waals surface area contributed by atoms with E-state index in [1.54, 1.807) is 26.8 Å². The Morgan fingerprint density at radius 3 is 2.53 bits per heavy atom. The zero-order valence-corrected chi connectivity index (χ0v) is 24.2. The fraction of sp³-hybridized carbons (Fsp3) is 0.621. The van der Waals surface area contributed by atoms with Gasteiger partial charge in [-0.3, -0.25) is 0 Å². The minimum Gasteiger partial charge on any atom is -0.506 e. The van der Waals surface area contributed by atoms with Gasteiger partial charge in [0.1, 0.15) is 27.8 Å². The summed E-state index contributed by atoms with van der Waals surface area (Å²) >= 11 is 0. The van der Waals surface area contributed by atoms with Gasteiger partial charge in [-0.2, -0.15) is 4.31 Å². The second-order valence-electron chi connectivity index (χ2n) is 11.7. The van der Waals surface area contributed by atoms with E-state index in [0.717, 1.165) is 32.1 Å². The number of sulfonamides is 1. The van der Waals surface area contributed by atoms with Crippen molar-refractivity contribution in [1.82, 2.24) is 9.21 Å². The molecule has 1 aliphatic carbocycles. The van der Waals surface area contributed by atoms with Gasteiger partial charge in [0.15, 0.2) is 0 Å². The van der Waals surface area contributed by atoms with E-state index in [1.807, 2.05) is 0 Å². The van der Waals surface area contributed by atoms with Crippen LogP contribution in [-0.4, -0.2) is 60.6 Å². The first kappa shape index (κ1) is 28.5. The van der Waals surface area contributed by atoms with Crippen LogP contribution in [0.15, 0.2) is 34.9 Å². The van der Waals surface area contributed by atoms with E-state index in [1.165, 1.54) is 14.8 Å². The van der Waals surface area contributed by atoms with Gasteiger partial charge in [-0.15, -0.1) is 0 Å². The summed E-state index contributed by atoms with van der Waals surface area (Å²) < 4.78 is 41.1. The number of phenolic OH excluding ortho intramolecular Hbond substituents is 1. The molecule has 1 aromatic rings. The van der Waals surface area contributed by atoms with Crippen molar-refractivity contribution in [3.8, 4) is 11.5 Å². The summed E-state index contributed by atoms with van der Waals surface area (Å²) in [5.41, 5.74) is 1.68. The summed E-state index contributed by atoms with van der Waals surface area (Å²) in [6.07, 6.45) is 6.69. The van der Waals surface area contributed by atoms with Crippen LogP contribution in [0.25, 0.3) is 0 Å². The fourth-order valence-electron chi connectivity index (χ4n) is 5.64. The summed E-state index contributed by atoms with van der Waals surface area (Å²) in [7, 11) is -4.04. The van der Waals surface area contributed by atoms with Crippen molar-refractivity contribution in [1.29, 1.82) is 0 Å². The molecule has 2 unspecified atom stereocenters. The van der Waals surface area contributed by atoms with E-state index in [2.05, 4.69) is 26.5 Å². The number of piperazine rings is 1. The van der Waals surface area contributed by atoms with Gasteiger partial charge in [0.2, 0.25) is 10.0 Å². The Kier molecular flexibility index (Phi) is 8.19. The summed E-state index contributed by atoms with van der Waals surface area (Å²) in [6.45, 7) is 14.4. The van der Waals surface area contributed by atoms with Crippen LogP contribution >= 0.6 is 0 Å². The molecule has 2 aliphatic heterocycles. The van der Waals surface area contributed by atoms with Crippen LogP contribution in [0.4, 0.5) is 4.79 Å². The maximum absolute atomic E-state index is 14.1. The normalized spacial score (nSPS) is 22.3. The zero-order valence-electron chi connectivity index (χ0n) is 23.4. The first-order chi connectivity index (χ1) is 17.8. The number of carbonyl (C=O) groups excluding carboxylic acids is 1. The molecule has 3 aliphatic rings. The lowest BCUT2D eigenvalue weighted by molar-refractivity contribution is 0.0192. The number of allylic oxidation sites excluding steroid dienone is 3. The number of amides is 1. The van der Waals surface area contributed by atoms with Crippen molar-refractivity contribution < 1.29 is 27.8 Å². The molecule has 0 spiro atoms. The first-order valence-corrected chi connectivity index (χ1v) is 15.2. The predicted octanol–water partition coefficient (Wildman–Crippen LogP) is 5.71. The minimum absolute atomic E-state index is 0.00373. The molecule has 1 aromatic carbocycles. The number of phenols is 1. The monoisotopic (exact) mass is 546 g/mol.